The number of thioether (sulfide) groups is 1. The standard InChI is InChI=1S/C12H18N6O3S/c1-8(10(19)17-5-4-13-11(17)20)22-12-14-15-16-18(12)7-9-3-2-6-21-9/h8-9H,2-7H2,1H3,(H,13,20)/t8-,9+/m1/s1. The molecule has 2 fully saturated rings. The van der Waals surface area contributed by atoms with E-state index in [0.717, 1.165) is 19.4 Å². The number of carbonyl (C=O) groups excluding carboxylic acids is 2. The summed E-state index contributed by atoms with van der Waals surface area (Å²) in [6.07, 6.45) is 2.17. The molecule has 1 aromatic heterocycles. The van der Waals surface area contributed by atoms with E-state index < -0.39 is 5.25 Å². The van der Waals surface area contributed by atoms with Gasteiger partial charge in [-0.3, -0.25) is 9.69 Å². The fourth-order valence-electron chi connectivity index (χ4n) is 2.49. The van der Waals surface area contributed by atoms with Crippen molar-refractivity contribution in [3.8, 4) is 0 Å². The Balaban J connectivity index is 1.61. The summed E-state index contributed by atoms with van der Waals surface area (Å²) in [5, 5.41) is 14.3. The van der Waals surface area contributed by atoms with E-state index in [1.165, 1.54) is 16.7 Å². The first-order valence-corrected chi connectivity index (χ1v) is 8.17. The smallest absolute Gasteiger partial charge is 0.324 e. The minimum absolute atomic E-state index is 0.123. The summed E-state index contributed by atoms with van der Waals surface area (Å²) in [5.74, 6) is -0.230. The van der Waals surface area contributed by atoms with Gasteiger partial charge in [0.1, 0.15) is 0 Å². The first kappa shape index (κ1) is 15.2. The molecule has 2 saturated heterocycles. The Morgan fingerprint density at radius 3 is 3.14 bits per heavy atom. The molecule has 2 aliphatic rings. The summed E-state index contributed by atoms with van der Waals surface area (Å²) < 4.78 is 7.24. The molecule has 0 bridgehead atoms. The van der Waals surface area contributed by atoms with Gasteiger partial charge in [0, 0.05) is 19.7 Å². The van der Waals surface area contributed by atoms with Crippen molar-refractivity contribution < 1.29 is 14.3 Å². The summed E-state index contributed by atoms with van der Waals surface area (Å²) in [6, 6.07) is -0.337. The van der Waals surface area contributed by atoms with E-state index in [0.29, 0.717) is 24.8 Å². The Labute approximate surface area is 131 Å². The lowest BCUT2D eigenvalue weighted by Crippen LogP contribution is -2.39. The van der Waals surface area contributed by atoms with Gasteiger partial charge < -0.3 is 10.1 Å². The number of hydrogen-bond acceptors (Lipinski definition) is 7. The van der Waals surface area contributed by atoms with Gasteiger partial charge in [-0.25, -0.2) is 9.48 Å². The Morgan fingerprint density at radius 1 is 1.59 bits per heavy atom. The molecule has 9 nitrogen and oxygen atoms in total. The number of nitrogens with one attached hydrogen (secondary N) is 1. The summed E-state index contributed by atoms with van der Waals surface area (Å²) in [6.45, 7) is 4.01. The van der Waals surface area contributed by atoms with Gasteiger partial charge in [0.25, 0.3) is 0 Å². The molecule has 1 aromatic rings. The molecule has 3 heterocycles. The molecular formula is C12H18N6O3S. The Hall–Kier alpha value is -1.68. The van der Waals surface area contributed by atoms with Gasteiger partial charge in [-0.05, 0) is 30.2 Å². The second kappa shape index (κ2) is 6.61. The van der Waals surface area contributed by atoms with E-state index in [1.54, 1.807) is 11.6 Å². The highest BCUT2D eigenvalue weighted by molar-refractivity contribution is 8.00. The van der Waals surface area contributed by atoms with Gasteiger partial charge in [0.05, 0.1) is 17.9 Å². The van der Waals surface area contributed by atoms with Crippen LogP contribution in [-0.4, -0.2) is 68.1 Å². The average Bonchev–Trinajstić information content (AvgIpc) is 3.22. The summed E-state index contributed by atoms with van der Waals surface area (Å²) in [7, 11) is 0. The first-order valence-electron chi connectivity index (χ1n) is 7.29. The van der Waals surface area contributed by atoms with Crippen molar-refractivity contribution in [3.63, 3.8) is 0 Å². The maximum atomic E-state index is 12.3. The van der Waals surface area contributed by atoms with Gasteiger partial charge in [0.2, 0.25) is 11.1 Å². The third-order valence-corrected chi connectivity index (χ3v) is 4.71. The zero-order chi connectivity index (χ0) is 15.5. The topological polar surface area (TPSA) is 102 Å². The highest BCUT2D eigenvalue weighted by Crippen LogP contribution is 2.23. The van der Waals surface area contributed by atoms with Crippen LogP contribution in [0.4, 0.5) is 4.79 Å². The highest BCUT2D eigenvalue weighted by Gasteiger charge is 2.31. The van der Waals surface area contributed by atoms with Crippen LogP contribution in [0.15, 0.2) is 5.16 Å². The monoisotopic (exact) mass is 326 g/mol. The van der Waals surface area contributed by atoms with Gasteiger partial charge in [-0.15, -0.1) is 5.10 Å². The second-order valence-electron chi connectivity index (χ2n) is 5.26. The maximum Gasteiger partial charge on any atom is 0.324 e. The van der Waals surface area contributed by atoms with Crippen molar-refractivity contribution in [2.45, 2.75) is 42.8 Å². The molecule has 1 N–H and O–H groups in total. The minimum Gasteiger partial charge on any atom is -0.376 e. The molecule has 22 heavy (non-hydrogen) atoms. The molecule has 10 heteroatoms. The van der Waals surface area contributed by atoms with Gasteiger partial charge in [0.15, 0.2) is 0 Å². The first-order chi connectivity index (χ1) is 10.6. The predicted octanol–water partition coefficient (Wildman–Crippen LogP) is -0.115. The van der Waals surface area contributed by atoms with Crippen molar-refractivity contribution in [3.05, 3.63) is 0 Å². The lowest BCUT2D eigenvalue weighted by Gasteiger charge is -2.17. The number of rotatable bonds is 5. The van der Waals surface area contributed by atoms with Crippen LogP contribution in [0.25, 0.3) is 0 Å². The number of urea groups is 1. The van der Waals surface area contributed by atoms with Crippen LogP contribution in [0, 0.1) is 0 Å². The van der Waals surface area contributed by atoms with Crippen LogP contribution >= 0.6 is 11.8 Å². The quantitative estimate of drug-likeness (QED) is 0.753. The number of imide groups is 1. The predicted molar refractivity (Wildman–Crippen MR) is 77.2 cm³/mol. The molecule has 2 aliphatic heterocycles. The van der Waals surface area contributed by atoms with Crippen LogP contribution in [0.1, 0.15) is 19.8 Å². The normalized spacial score (nSPS) is 22.9. The second-order valence-corrected chi connectivity index (χ2v) is 6.57. The minimum atomic E-state index is -0.432. The molecule has 0 unspecified atom stereocenters. The molecule has 0 aromatic carbocycles. The largest absolute Gasteiger partial charge is 0.376 e. The summed E-state index contributed by atoms with van der Waals surface area (Å²) in [5.41, 5.74) is 0. The van der Waals surface area contributed by atoms with Crippen molar-refractivity contribution >= 4 is 23.7 Å². The van der Waals surface area contributed by atoms with Crippen LogP contribution in [0.3, 0.4) is 0 Å². The SMILES string of the molecule is C[C@@H](Sc1nnnn1C[C@@H]1CCCO1)C(=O)N1CCNC1=O. The lowest BCUT2D eigenvalue weighted by molar-refractivity contribution is -0.126. The van der Waals surface area contributed by atoms with Crippen molar-refractivity contribution in [1.29, 1.82) is 0 Å². The zero-order valence-electron chi connectivity index (χ0n) is 12.3. The molecule has 0 radical (unpaired) electrons. The molecule has 0 spiro atoms. The average molecular weight is 326 g/mol. The van der Waals surface area contributed by atoms with Crippen LogP contribution in [0.2, 0.25) is 0 Å². The number of carbonyl (C=O) groups is 2. The van der Waals surface area contributed by atoms with Gasteiger partial charge >= 0.3 is 6.03 Å². The zero-order valence-corrected chi connectivity index (χ0v) is 13.1. The maximum absolute atomic E-state index is 12.3. The Bertz CT molecular complexity index is 559. The molecular weight excluding hydrogens is 308 g/mol. The number of ether oxygens (including phenoxy) is 1. The summed E-state index contributed by atoms with van der Waals surface area (Å²) >= 11 is 1.26. The van der Waals surface area contributed by atoms with E-state index in [-0.39, 0.29) is 18.0 Å². The van der Waals surface area contributed by atoms with Crippen molar-refractivity contribution in [1.82, 2.24) is 30.4 Å². The number of aromatic nitrogens is 4. The molecule has 0 aliphatic carbocycles. The molecule has 120 valence electrons. The van der Waals surface area contributed by atoms with E-state index in [4.69, 9.17) is 4.74 Å². The third-order valence-electron chi connectivity index (χ3n) is 3.65. The number of hydrogen-bond donors (Lipinski definition) is 1. The van der Waals surface area contributed by atoms with E-state index >= 15 is 0 Å². The molecule has 3 rings (SSSR count). The van der Waals surface area contributed by atoms with Gasteiger partial charge in [-0.2, -0.15) is 0 Å². The van der Waals surface area contributed by atoms with Crippen LogP contribution < -0.4 is 5.32 Å². The fourth-order valence-corrected chi connectivity index (χ4v) is 3.35. The number of tetrazole rings is 1. The van der Waals surface area contributed by atoms with Crippen LogP contribution in [0.5, 0.6) is 0 Å². The molecule has 0 saturated carbocycles. The number of amides is 3. The lowest BCUT2D eigenvalue weighted by atomic mass is 10.2. The van der Waals surface area contributed by atoms with E-state index in [9.17, 15) is 9.59 Å². The Morgan fingerprint density at radius 2 is 2.45 bits per heavy atom. The van der Waals surface area contributed by atoms with Crippen molar-refractivity contribution in [2.75, 3.05) is 19.7 Å². The summed E-state index contributed by atoms with van der Waals surface area (Å²) in [4.78, 5) is 25.0. The van der Waals surface area contributed by atoms with E-state index in [2.05, 4.69) is 20.8 Å². The third kappa shape index (κ3) is 3.22. The molecule has 3 amide bonds. The fraction of sp³-hybridized carbons (Fsp3) is 0.750. The van der Waals surface area contributed by atoms with Crippen LogP contribution in [-0.2, 0) is 16.1 Å². The van der Waals surface area contributed by atoms with Crippen molar-refractivity contribution in [2.24, 2.45) is 0 Å². The highest BCUT2D eigenvalue weighted by atomic mass is 32.2. The van der Waals surface area contributed by atoms with E-state index in [1.807, 2.05) is 0 Å². The number of nitrogens with zero attached hydrogens (tertiary/aromatic N) is 5. The Kier molecular flexibility index (Phi) is 4.57. The van der Waals surface area contributed by atoms with Gasteiger partial charge in [-0.1, -0.05) is 11.8 Å². The molecule has 2 atom stereocenters.